The van der Waals surface area contributed by atoms with Crippen LogP contribution in [0.3, 0.4) is 0 Å². The van der Waals surface area contributed by atoms with Crippen LogP contribution in [0.1, 0.15) is 60.0 Å². The predicted octanol–water partition coefficient (Wildman–Crippen LogP) is 0.512. The van der Waals surface area contributed by atoms with Gasteiger partial charge in [-0.1, -0.05) is 18.2 Å². The number of fused-ring (bicyclic) bond motifs is 1. The first-order valence-corrected chi connectivity index (χ1v) is 11.3. The second-order valence-corrected chi connectivity index (χ2v) is 9.67. The molecular formula is C23H30N4O4. The summed E-state index contributed by atoms with van der Waals surface area (Å²) in [6.45, 7) is 2.86. The summed E-state index contributed by atoms with van der Waals surface area (Å²) >= 11 is 0. The Morgan fingerprint density at radius 3 is 2.55 bits per heavy atom. The van der Waals surface area contributed by atoms with Crippen LogP contribution in [-0.4, -0.2) is 63.4 Å². The van der Waals surface area contributed by atoms with Crippen molar-refractivity contribution in [3.63, 3.8) is 0 Å². The van der Waals surface area contributed by atoms with Gasteiger partial charge in [-0.25, -0.2) is 0 Å². The van der Waals surface area contributed by atoms with Crippen LogP contribution in [0.25, 0.3) is 0 Å². The van der Waals surface area contributed by atoms with Crippen molar-refractivity contribution in [3.8, 4) is 0 Å². The zero-order valence-corrected chi connectivity index (χ0v) is 17.7. The van der Waals surface area contributed by atoms with Gasteiger partial charge in [-0.3, -0.25) is 24.6 Å². The number of piperidine rings is 2. The number of nitrogens with two attached hydrogens (primary N) is 1. The van der Waals surface area contributed by atoms with Gasteiger partial charge in [0.1, 0.15) is 6.04 Å². The van der Waals surface area contributed by atoms with E-state index in [9.17, 15) is 19.5 Å². The number of amides is 3. The standard InChI is InChI=1S/C23H30N4O4/c24-17-10-23(31,11-17)16-6-8-26(9-7-16)12-14-2-1-3-15-13-27(22(30)20(14)15)18-4-5-19(28)25-21(18)29/h1-3,16-18,31H,4-13,24H2,(H,25,28,29). The van der Waals surface area contributed by atoms with Gasteiger partial charge in [0.05, 0.1) is 5.60 Å². The SMILES string of the molecule is NC1CC(O)(C2CCN(Cc3cccc4c3C(=O)N(C3CCC(=O)NC3=O)C4)CC2)C1. The van der Waals surface area contributed by atoms with Crippen LogP contribution in [0, 0.1) is 5.92 Å². The van der Waals surface area contributed by atoms with Gasteiger partial charge in [-0.2, -0.15) is 0 Å². The Bertz CT molecular complexity index is 918. The number of carbonyl (C=O) groups excluding carboxylic acids is 3. The summed E-state index contributed by atoms with van der Waals surface area (Å²) in [6.07, 6.45) is 3.92. The van der Waals surface area contributed by atoms with E-state index in [1.807, 2.05) is 18.2 Å². The highest BCUT2D eigenvalue weighted by molar-refractivity contribution is 6.05. The smallest absolute Gasteiger partial charge is 0.255 e. The van der Waals surface area contributed by atoms with E-state index < -0.39 is 11.6 Å². The number of rotatable bonds is 4. The molecule has 1 aromatic rings. The Morgan fingerprint density at radius 1 is 1.13 bits per heavy atom. The molecule has 1 aliphatic carbocycles. The quantitative estimate of drug-likeness (QED) is 0.605. The number of hydrogen-bond acceptors (Lipinski definition) is 6. The van der Waals surface area contributed by atoms with Crippen molar-refractivity contribution in [2.24, 2.45) is 11.7 Å². The highest BCUT2D eigenvalue weighted by atomic mass is 16.3. The summed E-state index contributed by atoms with van der Waals surface area (Å²) in [5, 5.41) is 13.1. The number of aliphatic hydroxyl groups is 1. The molecule has 2 saturated heterocycles. The first-order valence-electron chi connectivity index (χ1n) is 11.3. The molecule has 0 aromatic heterocycles. The molecule has 0 spiro atoms. The molecule has 8 heteroatoms. The third kappa shape index (κ3) is 3.66. The number of imide groups is 1. The van der Waals surface area contributed by atoms with Gasteiger partial charge in [0, 0.05) is 31.1 Å². The number of nitrogens with zero attached hydrogens (tertiary/aromatic N) is 2. The van der Waals surface area contributed by atoms with Crippen molar-refractivity contribution in [2.75, 3.05) is 13.1 Å². The molecule has 1 unspecified atom stereocenters. The Balaban J connectivity index is 1.25. The second kappa shape index (κ2) is 7.69. The minimum atomic E-state index is -0.587. The fourth-order valence-electron chi connectivity index (χ4n) is 5.87. The average Bonchev–Trinajstić information content (AvgIpc) is 3.05. The molecule has 3 heterocycles. The Labute approximate surface area is 181 Å². The Morgan fingerprint density at radius 2 is 1.87 bits per heavy atom. The number of likely N-dealkylation sites (tertiary alicyclic amines) is 1. The van der Waals surface area contributed by atoms with Crippen LogP contribution in [0.5, 0.6) is 0 Å². The highest BCUT2D eigenvalue weighted by Crippen LogP contribution is 2.42. The lowest BCUT2D eigenvalue weighted by molar-refractivity contribution is -0.136. The van der Waals surface area contributed by atoms with Crippen molar-refractivity contribution in [3.05, 3.63) is 34.9 Å². The molecule has 4 N–H and O–H groups in total. The molecule has 8 nitrogen and oxygen atoms in total. The lowest BCUT2D eigenvalue weighted by atomic mass is 9.65. The number of benzene rings is 1. The molecular weight excluding hydrogens is 396 g/mol. The zero-order chi connectivity index (χ0) is 21.8. The van der Waals surface area contributed by atoms with Crippen LogP contribution >= 0.6 is 0 Å². The van der Waals surface area contributed by atoms with E-state index in [2.05, 4.69) is 10.2 Å². The van der Waals surface area contributed by atoms with Crippen LogP contribution in [0.15, 0.2) is 18.2 Å². The van der Waals surface area contributed by atoms with Crippen molar-refractivity contribution >= 4 is 17.7 Å². The van der Waals surface area contributed by atoms with Crippen molar-refractivity contribution < 1.29 is 19.5 Å². The molecule has 4 aliphatic rings. The molecule has 166 valence electrons. The highest BCUT2D eigenvalue weighted by Gasteiger charge is 2.47. The van der Waals surface area contributed by atoms with Gasteiger partial charge in [-0.15, -0.1) is 0 Å². The fraction of sp³-hybridized carbons (Fsp3) is 0.609. The molecule has 5 rings (SSSR count). The molecule has 1 atom stereocenters. The second-order valence-electron chi connectivity index (χ2n) is 9.67. The predicted molar refractivity (Wildman–Crippen MR) is 113 cm³/mol. The van der Waals surface area contributed by atoms with Gasteiger partial charge in [-0.05, 0) is 62.2 Å². The molecule has 1 saturated carbocycles. The molecule has 31 heavy (non-hydrogen) atoms. The van der Waals surface area contributed by atoms with Gasteiger partial charge < -0.3 is 15.7 Å². The molecule has 3 amide bonds. The maximum absolute atomic E-state index is 13.2. The third-order valence-electron chi connectivity index (χ3n) is 7.61. The zero-order valence-electron chi connectivity index (χ0n) is 17.7. The topological polar surface area (TPSA) is 116 Å². The molecule has 1 aromatic carbocycles. The van der Waals surface area contributed by atoms with Gasteiger partial charge >= 0.3 is 0 Å². The maximum Gasteiger partial charge on any atom is 0.255 e. The lowest BCUT2D eigenvalue weighted by Crippen LogP contribution is -2.57. The Hall–Kier alpha value is -2.29. The van der Waals surface area contributed by atoms with E-state index in [-0.39, 0.29) is 30.2 Å². The minimum absolute atomic E-state index is 0.118. The first-order chi connectivity index (χ1) is 14.8. The third-order valence-corrected chi connectivity index (χ3v) is 7.61. The Kier molecular flexibility index (Phi) is 5.11. The van der Waals surface area contributed by atoms with Crippen LogP contribution in [-0.2, 0) is 22.7 Å². The summed E-state index contributed by atoms with van der Waals surface area (Å²) in [6, 6.07) is 5.46. The van der Waals surface area contributed by atoms with Gasteiger partial charge in [0.15, 0.2) is 0 Å². The molecule has 0 radical (unpaired) electrons. The number of hydrogen-bond donors (Lipinski definition) is 3. The summed E-state index contributed by atoms with van der Waals surface area (Å²) in [5.41, 5.74) is 7.94. The van der Waals surface area contributed by atoms with Crippen molar-refractivity contribution in [2.45, 2.75) is 69.3 Å². The lowest BCUT2D eigenvalue weighted by Gasteiger charge is -2.49. The fourth-order valence-corrected chi connectivity index (χ4v) is 5.87. The summed E-state index contributed by atoms with van der Waals surface area (Å²) in [4.78, 5) is 41.0. The molecule has 0 bridgehead atoms. The van der Waals surface area contributed by atoms with E-state index in [0.29, 0.717) is 43.8 Å². The molecule has 3 fully saturated rings. The van der Waals surface area contributed by atoms with E-state index >= 15 is 0 Å². The summed E-state index contributed by atoms with van der Waals surface area (Å²) in [5.74, 6) is -0.472. The van der Waals surface area contributed by atoms with Crippen molar-refractivity contribution in [1.29, 1.82) is 0 Å². The summed E-state index contributed by atoms with van der Waals surface area (Å²) < 4.78 is 0. The maximum atomic E-state index is 13.2. The van der Waals surface area contributed by atoms with Crippen LogP contribution in [0.2, 0.25) is 0 Å². The van der Waals surface area contributed by atoms with E-state index in [1.165, 1.54) is 0 Å². The normalized spacial score (nSPS) is 32.1. The molecule has 3 aliphatic heterocycles. The minimum Gasteiger partial charge on any atom is -0.389 e. The first kappa shape index (κ1) is 20.6. The number of carbonyl (C=O) groups is 3. The van der Waals surface area contributed by atoms with Crippen molar-refractivity contribution in [1.82, 2.24) is 15.1 Å². The van der Waals surface area contributed by atoms with E-state index in [1.54, 1.807) is 4.90 Å². The summed E-state index contributed by atoms with van der Waals surface area (Å²) in [7, 11) is 0. The monoisotopic (exact) mass is 426 g/mol. The largest absolute Gasteiger partial charge is 0.389 e. The average molecular weight is 427 g/mol. The van der Waals surface area contributed by atoms with E-state index in [0.717, 1.165) is 37.1 Å². The van der Waals surface area contributed by atoms with Crippen LogP contribution in [0.4, 0.5) is 0 Å². The van der Waals surface area contributed by atoms with Crippen LogP contribution < -0.4 is 11.1 Å². The number of nitrogens with one attached hydrogen (secondary N) is 1. The van der Waals surface area contributed by atoms with E-state index in [4.69, 9.17) is 5.73 Å². The van der Waals surface area contributed by atoms with Gasteiger partial charge in [0.2, 0.25) is 11.8 Å². The van der Waals surface area contributed by atoms with Gasteiger partial charge in [0.25, 0.3) is 5.91 Å².